The number of methoxy groups -OCH3 is 1. The zero-order valence-corrected chi connectivity index (χ0v) is 14.2. The molecule has 1 aliphatic heterocycles. The highest BCUT2D eigenvalue weighted by Crippen LogP contribution is 2.22. The lowest BCUT2D eigenvalue weighted by Gasteiger charge is -2.22. The Kier molecular flexibility index (Phi) is 7.28. The molecule has 24 heavy (non-hydrogen) atoms. The highest BCUT2D eigenvalue weighted by atomic mass is 16.5. The summed E-state index contributed by atoms with van der Waals surface area (Å²) >= 11 is 0. The number of terminal acetylenes is 1. The first-order chi connectivity index (χ1) is 11.8. The monoisotopic (exact) mass is 324 g/mol. The zero-order chi connectivity index (χ0) is 17.2. The van der Waals surface area contributed by atoms with Crippen LogP contribution in [0.4, 0.5) is 0 Å². The lowest BCUT2D eigenvalue weighted by atomic mass is 9.94. The number of aliphatic imine (C=N–C) groups is 1. The van der Waals surface area contributed by atoms with Crippen LogP contribution < -0.4 is 5.32 Å². The third-order valence-electron chi connectivity index (χ3n) is 3.86. The fourth-order valence-corrected chi connectivity index (χ4v) is 2.71. The van der Waals surface area contributed by atoms with Gasteiger partial charge in [-0.2, -0.15) is 4.99 Å². The highest BCUT2D eigenvalue weighted by molar-refractivity contribution is 5.88. The van der Waals surface area contributed by atoms with Gasteiger partial charge in [0.15, 0.2) is 0 Å². The summed E-state index contributed by atoms with van der Waals surface area (Å²) in [7, 11) is 1.72. The van der Waals surface area contributed by atoms with E-state index in [0.29, 0.717) is 6.61 Å². The van der Waals surface area contributed by atoms with Crippen LogP contribution in [0, 0.1) is 18.4 Å². The predicted molar refractivity (Wildman–Crippen MR) is 98.4 cm³/mol. The Hall–Kier alpha value is -2.35. The van der Waals surface area contributed by atoms with E-state index in [0.717, 1.165) is 17.8 Å². The van der Waals surface area contributed by atoms with E-state index in [1.807, 2.05) is 43.5 Å². The molecule has 126 valence electrons. The van der Waals surface area contributed by atoms with Crippen molar-refractivity contribution in [1.29, 1.82) is 0 Å². The summed E-state index contributed by atoms with van der Waals surface area (Å²) in [6.45, 7) is 2.65. The van der Waals surface area contributed by atoms with E-state index in [4.69, 9.17) is 15.9 Å². The van der Waals surface area contributed by atoms with Crippen molar-refractivity contribution in [2.24, 2.45) is 10.9 Å². The van der Waals surface area contributed by atoms with Crippen molar-refractivity contribution in [3.63, 3.8) is 0 Å². The van der Waals surface area contributed by atoms with Crippen molar-refractivity contribution in [2.45, 2.75) is 25.6 Å². The summed E-state index contributed by atoms with van der Waals surface area (Å²) in [4.78, 5) is 4.12. The fourth-order valence-electron chi connectivity index (χ4n) is 2.71. The van der Waals surface area contributed by atoms with Gasteiger partial charge in [-0.25, -0.2) is 0 Å². The third-order valence-corrected chi connectivity index (χ3v) is 3.86. The van der Waals surface area contributed by atoms with Crippen molar-refractivity contribution in [2.75, 3.05) is 13.7 Å². The van der Waals surface area contributed by atoms with Gasteiger partial charge in [-0.15, -0.1) is 0 Å². The number of nitrogens with one attached hydrogen (secondary N) is 1. The van der Waals surface area contributed by atoms with Gasteiger partial charge in [0.2, 0.25) is 0 Å². The molecule has 2 aliphatic rings. The van der Waals surface area contributed by atoms with Crippen LogP contribution in [-0.2, 0) is 9.47 Å². The quantitative estimate of drug-likeness (QED) is 0.763. The fraction of sp³-hybridized carbons (Fsp3) is 0.350. The highest BCUT2D eigenvalue weighted by Gasteiger charge is 2.22. The van der Waals surface area contributed by atoms with Crippen molar-refractivity contribution in [1.82, 2.24) is 5.32 Å². The maximum absolute atomic E-state index is 5.75. The molecule has 4 nitrogen and oxygen atoms in total. The molecule has 0 spiro atoms. The van der Waals surface area contributed by atoms with E-state index in [9.17, 15) is 0 Å². The standard InChI is InChI=1S/C20H24N2O2/c1-4-21-20-17(11-8-9-13-22-20)15-19(23-3)16-10-6-7-12-18(14-16)24-5-2/h1,6-14,17-19H,5,15H2,2-3H3,(H,21,22). The van der Waals surface area contributed by atoms with Gasteiger partial charge in [0.1, 0.15) is 5.84 Å². The van der Waals surface area contributed by atoms with Crippen LogP contribution >= 0.6 is 0 Å². The Morgan fingerprint density at radius 3 is 2.88 bits per heavy atom. The molecule has 0 saturated carbocycles. The first-order valence-electron chi connectivity index (χ1n) is 8.12. The van der Waals surface area contributed by atoms with Crippen LogP contribution in [-0.4, -0.2) is 31.8 Å². The van der Waals surface area contributed by atoms with Gasteiger partial charge < -0.3 is 14.8 Å². The summed E-state index contributed by atoms with van der Waals surface area (Å²) in [6, 6.07) is 2.36. The molecule has 0 radical (unpaired) electrons. The third kappa shape index (κ3) is 5.09. The van der Waals surface area contributed by atoms with Crippen LogP contribution in [0.25, 0.3) is 0 Å². The summed E-state index contributed by atoms with van der Waals surface area (Å²) in [5.74, 6) is 0.805. The number of ether oxygens (including phenoxy) is 2. The van der Waals surface area contributed by atoms with Gasteiger partial charge in [0, 0.05) is 31.9 Å². The van der Waals surface area contributed by atoms with Crippen molar-refractivity contribution >= 4 is 5.84 Å². The minimum Gasteiger partial charge on any atom is -0.377 e. The van der Waals surface area contributed by atoms with E-state index in [2.05, 4.69) is 34.6 Å². The molecule has 0 bridgehead atoms. The maximum atomic E-state index is 5.75. The smallest absolute Gasteiger partial charge is 0.123 e. The van der Waals surface area contributed by atoms with Gasteiger partial charge in [0.25, 0.3) is 0 Å². The van der Waals surface area contributed by atoms with E-state index >= 15 is 0 Å². The molecule has 1 N–H and O–H groups in total. The largest absolute Gasteiger partial charge is 0.377 e. The van der Waals surface area contributed by atoms with Crippen LogP contribution in [0.3, 0.4) is 0 Å². The van der Waals surface area contributed by atoms with Crippen molar-refractivity contribution < 1.29 is 9.47 Å². The number of hydrogen-bond donors (Lipinski definition) is 1. The van der Waals surface area contributed by atoms with Gasteiger partial charge in [-0.05, 0) is 31.1 Å². The molecule has 0 aromatic carbocycles. The Bertz CT molecular complexity index is 633. The number of hydrogen-bond acceptors (Lipinski definition) is 3. The summed E-state index contributed by atoms with van der Waals surface area (Å²) < 4.78 is 11.5. The molecule has 0 saturated heterocycles. The molecular weight excluding hydrogens is 300 g/mol. The van der Waals surface area contributed by atoms with Crippen LogP contribution in [0.15, 0.2) is 65.4 Å². The Morgan fingerprint density at radius 1 is 1.29 bits per heavy atom. The Morgan fingerprint density at radius 2 is 2.12 bits per heavy atom. The lowest BCUT2D eigenvalue weighted by molar-refractivity contribution is 0.112. The van der Waals surface area contributed by atoms with Crippen LogP contribution in [0.5, 0.6) is 0 Å². The average molecular weight is 324 g/mol. The van der Waals surface area contributed by atoms with E-state index in [1.54, 1.807) is 7.11 Å². The van der Waals surface area contributed by atoms with Gasteiger partial charge in [-0.3, -0.25) is 0 Å². The second-order valence-electron chi connectivity index (χ2n) is 5.41. The SMILES string of the molecule is C#CN=C1NC=CC=CC1CC(OC)C1=CC(OCC)C=CC=C1. The molecular formula is C20H24N2O2. The van der Waals surface area contributed by atoms with E-state index in [-0.39, 0.29) is 18.1 Å². The maximum Gasteiger partial charge on any atom is 0.123 e. The molecule has 4 heteroatoms. The predicted octanol–water partition coefficient (Wildman–Crippen LogP) is 3.13. The second-order valence-corrected chi connectivity index (χ2v) is 5.41. The number of allylic oxidation sites excluding steroid dienone is 4. The van der Waals surface area contributed by atoms with Gasteiger partial charge in [-0.1, -0.05) is 42.9 Å². The molecule has 0 aromatic heterocycles. The normalized spacial score (nSPS) is 25.5. The van der Waals surface area contributed by atoms with Crippen molar-refractivity contribution in [3.05, 3.63) is 60.4 Å². The summed E-state index contributed by atoms with van der Waals surface area (Å²) in [6.07, 6.45) is 24.0. The molecule has 1 heterocycles. The van der Waals surface area contributed by atoms with Crippen LogP contribution in [0.1, 0.15) is 13.3 Å². The molecule has 0 aromatic rings. The van der Waals surface area contributed by atoms with E-state index in [1.165, 1.54) is 0 Å². The minimum absolute atomic E-state index is 0.0408. The Balaban J connectivity index is 2.18. The summed E-state index contributed by atoms with van der Waals surface area (Å²) in [5.41, 5.74) is 1.09. The van der Waals surface area contributed by atoms with Crippen LogP contribution in [0.2, 0.25) is 0 Å². The Labute approximate surface area is 144 Å². The molecule has 2 rings (SSSR count). The molecule has 3 atom stereocenters. The zero-order valence-electron chi connectivity index (χ0n) is 14.2. The van der Waals surface area contributed by atoms with Gasteiger partial charge in [0.05, 0.1) is 12.2 Å². The molecule has 3 unspecified atom stereocenters. The average Bonchev–Trinajstić information content (AvgIpc) is 2.94. The number of nitrogens with zero attached hydrogens (tertiary/aromatic N) is 1. The number of amidine groups is 1. The van der Waals surface area contributed by atoms with Gasteiger partial charge >= 0.3 is 0 Å². The topological polar surface area (TPSA) is 42.9 Å². The molecule has 0 fully saturated rings. The van der Waals surface area contributed by atoms with E-state index < -0.39 is 0 Å². The molecule has 1 aliphatic carbocycles. The first-order valence-corrected chi connectivity index (χ1v) is 8.12. The second kappa shape index (κ2) is 9.71. The van der Waals surface area contributed by atoms with Crippen molar-refractivity contribution in [3.8, 4) is 12.5 Å². The first kappa shape index (κ1) is 18.0. The summed E-state index contributed by atoms with van der Waals surface area (Å²) in [5, 5.41) is 3.14. The lowest BCUT2D eigenvalue weighted by Crippen LogP contribution is -2.29. The number of rotatable bonds is 6. The molecule has 0 amide bonds. The minimum atomic E-state index is -0.0818.